The first kappa shape index (κ1) is 13.7. The van der Waals surface area contributed by atoms with E-state index in [0.717, 1.165) is 6.42 Å². The lowest BCUT2D eigenvalue weighted by molar-refractivity contribution is 0.797. The van der Waals surface area contributed by atoms with Crippen LogP contribution in [0.4, 0.5) is 0 Å². The van der Waals surface area contributed by atoms with Crippen molar-refractivity contribution in [2.75, 3.05) is 0 Å². The third-order valence-corrected chi connectivity index (χ3v) is 3.89. The predicted molar refractivity (Wildman–Crippen MR) is 90.3 cm³/mol. The molecule has 0 aliphatic heterocycles. The van der Waals surface area contributed by atoms with Crippen LogP contribution in [0.5, 0.6) is 0 Å². The molecule has 1 nitrogen and oxygen atoms in total. The van der Waals surface area contributed by atoms with Crippen LogP contribution in [0.1, 0.15) is 25.3 Å². The second kappa shape index (κ2) is 6.45. The number of rotatable bonds is 5. The monoisotopic (exact) mass is 275 g/mol. The number of H-pyrrole nitrogens is 1. The Hall–Kier alpha value is -2.28. The first-order chi connectivity index (χ1) is 10.4. The van der Waals surface area contributed by atoms with Crippen LogP contribution in [0.25, 0.3) is 22.4 Å². The van der Waals surface area contributed by atoms with Crippen molar-refractivity contribution < 1.29 is 0 Å². The van der Waals surface area contributed by atoms with Crippen molar-refractivity contribution in [3.8, 4) is 22.4 Å². The number of hydrogen-bond donors (Lipinski definition) is 1. The summed E-state index contributed by atoms with van der Waals surface area (Å²) in [5, 5.41) is 0. The van der Waals surface area contributed by atoms with E-state index in [9.17, 15) is 0 Å². The SMILES string of the molecule is CCCCc1c[nH]c(-c2ccccc2)c1-c1ccccc1. The Balaban J connectivity index is 2.11. The maximum Gasteiger partial charge on any atom is 0.0536 e. The van der Waals surface area contributed by atoms with Crippen LogP contribution in [0.15, 0.2) is 66.9 Å². The van der Waals surface area contributed by atoms with Gasteiger partial charge in [0, 0.05) is 11.8 Å². The van der Waals surface area contributed by atoms with Gasteiger partial charge in [-0.1, -0.05) is 74.0 Å². The molecular weight excluding hydrogens is 254 g/mol. The smallest absolute Gasteiger partial charge is 0.0536 e. The zero-order chi connectivity index (χ0) is 14.5. The summed E-state index contributed by atoms with van der Waals surface area (Å²) in [4.78, 5) is 3.50. The highest BCUT2D eigenvalue weighted by molar-refractivity contribution is 5.83. The maximum atomic E-state index is 3.50. The number of aromatic nitrogens is 1. The Labute approximate surface area is 126 Å². The molecule has 0 spiro atoms. The third kappa shape index (κ3) is 2.92. The van der Waals surface area contributed by atoms with Crippen molar-refractivity contribution in [2.24, 2.45) is 0 Å². The molecule has 2 aromatic carbocycles. The van der Waals surface area contributed by atoms with Crippen LogP contribution < -0.4 is 0 Å². The molecule has 3 aromatic rings. The lowest BCUT2D eigenvalue weighted by atomic mass is 9.96. The Morgan fingerprint density at radius 3 is 2.05 bits per heavy atom. The fourth-order valence-electron chi connectivity index (χ4n) is 2.80. The summed E-state index contributed by atoms with van der Waals surface area (Å²) in [6, 6.07) is 21.3. The van der Waals surface area contributed by atoms with Gasteiger partial charge in [0.05, 0.1) is 5.69 Å². The Bertz CT molecular complexity index is 680. The molecule has 1 aromatic heterocycles. The summed E-state index contributed by atoms with van der Waals surface area (Å²) in [5.41, 5.74) is 6.55. The Kier molecular flexibility index (Phi) is 4.20. The number of aryl methyl sites for hydroxylation is 1. The normalized spacial score (nSPS) is 10.7. The average molecular weight is 275 g/mol. The van der Waals surface area contributed by atoms with Crippen LogP contribution in [-0.2, 0) is 6.42 Å². The summed E-state index contributed by atoms with van der Waals surface area (Å²) in [6.07, 6.45) is 5.76. The minimum atomic E-state index is 1.13. The minimum absolute atomic E-state index is 1.13. The van der Waals surface area contributed by atoms with E-state index in [2.05, 4.69) is 78.8 Å². The summed E-state index contributed by atoms with van der Waals surface area (Å²) in [6.45, 7) is 2.24. The number of unbranched alkanes of at least 4 members (excludes halogenated alkanes) is 1. The molecule has 0 fully saturated rings. The molecule has 1 heteroatoms. The molecule has 3 rings (SSSR count). The molecule has 1 N–H and O–H groups in total. The molecule has 0 radical (unpaired) electrons. The second-order valence-corrected chi connectivity index (χ2v) is 5.40. The van der Waals surface area contributed by atoms with Gasteiger partial charge in [0.2, 0.25) is 0 Å². The lowest BCUT2D eigenvalue weighted by Crippen LogP contribution is -1.88. The number of hydrogen-bond acceptors (Lipinski definition) is 0. The van der Waals surface area contributed by atoms with E-state index < -0.39 is 0 Å². The highest BCUT2D eigenvalue weighted by Gasteiger charge is 2.14. The highest BCUT2D eigenvalue weighted by atomic mass is 14.7. The van der Waals surface area contributed by atoms with Crippen molar-refractivity contribution in [2.45, 2.75) is 26.2 Å². The zero-order valence-corrected chi connectivity index (χ0v) is 12.5. The van der Waals surface area contributed by atoms with Gasteiger partial charge >= 0.3 is 0 Å². The molecule has 21 heavy (non-hydrogen) atoms. The molecule has 106 valence electrons. The van der Waals surface area contributed by atoms with E-state index in [1.165, 1.54) is 40.8 Å². The first-order valence-electron chi connectivity index (χ1n) is 7.71. The van der Waals surface area contributed by atoms with Crippen molar-refractivity contribution in [1.29, 1.82) is 0 Å². The van der Waals surface area contributed by atoms with Gasteiger partial charge < -0.3 is 4.98 Å². The van der Waals surface area contributed by atoms with Crippen LogP contribution in [0, 0.1) is 0 Å². The molecule has 0 aliphatic rings. The fraction of sp³-hybridized carbons (Fsp3) is 0.200. The third-order valence-electron chi connectivity index (χ3n) is 3.89. The number of aromatic amines is 1. The summed E-state index contributed by atoms with van der Waals surface area (Å²) in [5.74, 6) is 0. The number of nitrogens with one attached hydrogen (secondary N) is 1. The molecule has 0 saturated carbocycles. The van der Waals surface area contributed by atoms with Crippen molar-refractivity contribution in [3.05, 3.63) is 72.4 Å². The molecular formula is C20H21N. The van der Waals surface area contributed by atoms with Crippen LogP contribution >= 0.6 is 0 Å². The quantitative estimate of drug-likeness (QED) is 0.615. The van der Waals surface area contributed by atoms with Gasteiger partial charge in [0.15, 0.2) is 0 Å². The van der Waals surface area contributed by atoms with Gasteiger partial charge in [-0.25, -0.2) is 0 Å². The minimum Gasteiger partial charge on any atom is -0.360 e. The molecule has 0 bridgehead atoms. The molecule has 0 amide bonds. The predicted octanol–water partition coefficient (Wildman–Crippen LogP) is 5.69. The van der Waals surface area contributed by atoms with E-state index in [1.807, 2.05) is 0 Å². The summed E-state index contributed by atoms with van der Waals surface area (Å²) < 4.78 is 0. The summed E-state index contributed by atoms with van der Waals surface area (Å²) >= 11 is 0. The van der Waals surface area contributed by atoms with Gasteiger partial charge in [-0.2, -0.15) is 0 Å². The van der Waals surface area contributed by atoms with Crippen LogP contribution in [0.3, 0.4) is 0 Å². The van der Waals surface area contributed by atoms with Crippen molar-refractivity contribution in [1.82, 2.24) is 4.98 Å². The Morgan fingerprint density at radius 2 is 1.43 bits per heavy atom. The average Bonchev–Trinajstić information content (AvgIpc) is 2.98. The molecule has 0 saturated heterocycles. The summed E-state index contributed by atoms with van der Waals surface area (Å²) in [7, 11) is 0. The second-order valence-electron chi connectivity index (χ2n) is 5.40. The topological polar surface area (TPSA) is 15.8 Å². The zero-order valence-electron chi connectivity index (χ0n) is 12.5. The Morgan fingerprint density at radius 1 is 0.810 bits per heavy atom. The van der Waals surface area contributed by atoms with Gasteiger partial charge in [-0.05, 0) is 29.5 Å². The van der Waals surface area contributed by atoms with Gasteiger partial charge in [0.1, 0.15) is 0 Å². The standard InChI is InChI=1S/C20H21N/c1-2-3-10-18-15-21-20(17-13-8-5-9-14-17)19(18)16-11-6-4-7-12-16/h4-9,11-15,21H,2-3,10H2,1H3. The van der Waals surface area contributed by atoms with E-state index in [4.69, 9.17) is 0 Å². The van der Waals surface area contributed by atoms with E-state index in [0.29, 0.717) is 0 Å². The maximum absolute atomic E-state index is 3.50. The largest absolute Gasteiger partial charge is 0.360 e. The van der Waals surface area contributed by atoms with E-state index in [1.54, 1.807) is 0 Å². The van der Waals surface area contributed by atoms with Gasteiger partial charge in [-0.15, -0.1) is 0 Å². The van der Waals surface area contributed by atoms with Crippen LogP contribution in [0.2, 0.25) is 0 Å². The van der Waals surface area contributed by atoms with Crippen molar-refractivity contribution >= 4 is 0 Å². The first-order valence-corrected chi connectivity index (χ1v) is 7.71. The molecule has 0 atom stereocenters. The van der Waals surface area contributed by atoms with Crippen LogP contribution in [-0.4, -0.2) is 4.98 Å². The van der Waals surface area contributed by atoms with Gasteiger partial charge in [-0.3, -0.25) is 0 Å². The lowest BCUT2D eigenvalue weighted by Gasteiger charge is -2.08. The highest BCUT2D eigenvalue weighted by Crippen LogP contribution is 2.35. The number of benzene rings is 2. The molecule has 0 unspecified atom stereocenters. The van der Waals surface area contributed by atoms with Crippen molar-refractivity contribution in [3.63, 3.8) is 0 Å². The molecule has 0 aliphatic carbocycles. The van der Waals surface area contributed by atoms with Gasteiger partial charge in [0.25, 0.3) is 0 Å². The molecule has 1 heterocycles. The van der Waals surface area contributed by atoms with E-state index >= 15 is 0 Å². The van der Waals surface area contributed by atoms with E-state index in [-0.39, 0.29) is 0 Å². The fourth-order valence-corrected chi connectivity index (χ4v) is 2.80.